The summed E-state index contributed by atoms with van der Waals surface area (Å²) in [5.74, 6) is 0.396. The molecule has 0 bridgehead atoms. The molecule has 0 aliphatic rings. The van der Waals surface area contributed by atoms with Crippen molar-refractivity contribution in [2.45, 2.75) is 39.8 Å². The summed E-state index contributed by atoms with van der Waals surface area (Å²) in [5, 5.41) is 3.51. The molecule has 2 N–H and O–H groups in total. The summed E-state index contributed by atoms with van der Waals surface area (Å²) in [7, 11) is -3.89. The lowest BCUT2D eigenvalue weighted by molar-refractivity contribution is -0.119. The van der Waals surface area contributed by atoms with Crippen LogP contribution in [0.25, 0.3) is 11.0 Å². The van der Waals surface area contributed by atoms with Gasteiger partial charge >= 0.3 is 0 Å². The van der Waals surface area contributed by atoms with Gasteiger partial charge in [-0.3, -0.25) is 9.52 Å². The van der Waals surface area contributed by atoms with Gasteiger partial charge in [-0.1, -0.05) is 12.1 Å². The van der Waals surface area contributed by atoms with E-state index >= 15 is 0 Å². The summed E-state index contributed by atoms with van der Waals surface area (Å²) >= 11 is 0. The summed E-state index contributed by atoms with van der Waals surface area (Å²) < 4.78 is 44.2. The van der Waals surface area contributed by atoms with Crippen molar-refractivity contribution in [1.82, 2.24) is 5.32 Å². The van der Waals surface area contributed by atoms with E-state index in [2.05, 4.69) is 10.0 Å². The SMILES string of the molecule is CCOc1cccc2cc(C(C)NC(=O)CS(=O)(=O)Nc3ccc(OC(C)C)cc3)oc12. The molecule has 2 aromatic carbocycles. The number of hydrogen-bond donors (Lipinski definition) is 2. The number of carbonyl (C=O) groups is 1. The first kappa shape index (κ1) is 23.5. The number of furan rings is 1. The minimum atomic E-state index is -3.89. The predicted octanol–water partition coefficient (Wildman–Crippen LogP) is 4.24. The number of amides is 1. The van der Waals surface area contributed by atoms with Crippen LogP contribution < -0.4 is 19.5 Å². The quantitative estimate of drug-likeness (QED) is 0.469. The molecule has 0 aliphatic carbocycles. The topological polar surface area (TPSA) is 107 Å². The monoisotopic (exact) mass is 460 g/mol. The third kappa shape index (κ3) is 6.16. The number of sulfonamides is 1. The van der Waals surface area contributed by atoms with Crippen LogP contribution in [-0.4, -0.2) is 32.8 Å². The zero-order valence-electron chi connectivity index (χ0n) is 18.5. The van der Waals surface area contributed by atoms with E-state index in [0.717, 1.165) is 5.39 Å². The third-order valence-electron chi connectivity index (χ3n) is 4.45. The van der Waals surface area contributed by atoms with Crippen LogP contribution in [0.15, 0.2) is 52.9 Å². The number of fused-ring (bicyclic) bond motifs is 1. The second kappa shape index (κ2) is 9.95. The lowest BCUT2D eigenvalue weighted by Gasteiger charge is -2.13. The van der Waals surface area contributed by atoms with Gasteiger partial charge in [0.2, 0.25) is 15.9 Å². The van der Waals surface area contributed by atoms with E-state index in [0.29, 0.717) is 35.1 Å². The van der Waals surface area contributed by atoms with Gasteiger partial charge in [-0.05, 0) is 64.1 Å². The van der Waals surface area contributed by atoms with Crippen molar-refractivity contribution in [2.24, 2.45) is 0 Å². The van der Waals surface area contributed by atoms with E-state index < -0.39 is 27.7 Å². The van der Waals surface area contributed by atoms with Crippen molar-refractivity contribution >= 4 is 32.6 Å². The molecular formula is C23H28N2O6S. The van der Waals surface area contributed by atoms with Gasteiger partial charge in [-0.15, -0.1) is 0 Å². The highest BCUT2D eigenvalue weighted by Gasteiger charge is 2.21. The van der Waals surface area contributed by atoms with E-state index in [4.69, 9.17) is 13.9 Å². The lowest BCUT2D eigenvalue weighted by Crippen LogP contribution is -2.34. The van der Waals surface area contributed by atoms with Gasteiger partial charge in [-0.2, -0.15) is 0 Å². The fraction of sp³-hybridized carbons (Fsp3) is 0.348. The molecule has 8 nitrogen and oxygen atoms in total. The molecule has 0 aliphatic heterocycles. The number of benzene rings is 2. The number of carbonyl (C=O) groups excluding carboxylic acids is 1. The van der Waals surface area contributed by atoms with Crippen LogP contribution in [0.1, 0.15) is 39.5 Å². The highest BCUT2D eigenvalue weighted by molar-refractivity contribution is 7.93. The molecule has 0 saturated carbocycles. The smallest absolute Gasteiger partial charge is 0.241 e. The molecule has 9 heteroatoms. The molecule has 32 heavy (non-hydrogen) atoms. The van der Waals surface area contributed by atoms with Crippen LogP contribution >= 0.6 is 0 Å². The van der Waals surface area contributed by atoms with Crippen LogP contribution in [-0.2, 0) is 14.8 Å². The largest absolute Gasteiger partial charge is 0.491 e. The Kier molecular flexibility index (Phi) is 7.29. The molecular weight excluding hydrogens is 432 g/mol. The number of rotatable bonds is 10. The van der Waals surface area contributed by atoms with E-state index in [1.165, 1.54) is 0 Å². The van der Waals surface area contributed by atoms with Gasteiger partial charge in [0.25, 0.3) is 0 Å². The molecule has 0 saturated heterocycles. The van der Waals surface area contributed by atoms with Gasteiger partial charge in [0.15, 0.2) is 11.3 Å². The molecule has 1 heterocycles. The number of ether oxygens (including phenoxy) is 2. The highest BCUT2D eigenvalue weighted by Crippen LogP contribution is 2.31. The Balaban J connectivity index is 1.61. The molecule has 0 spiro atoms. The minimum absolute atomic E-state index is 0.0146. The summed E-state index contributed by atoms with van der Waals surface area (Å²) in [5.41, 5.74) is 0.937. The first-order chi connectivity index (χ1) is 15.2. The number of hydrogen-bond acceptors (Lipinski definition) is 6. The third-order valence-corrected chi connectivity index (χ3v) is 5.64. The van der Waals surface area contributed by atoms with Gasteiger partial charge < -0.3 is 19.2 Å². The first-order valence-electron chi connectivity index (χ1n) is 10.4. The molecule has 1 amide bonds. The van der Waals surface area contributed by atoms with Crippen LogP contribution in [0, 0.1) is 0 Å². The Hall–Kier alpha value is -3.20. The van der Waals surface area contributed by atoms with Crippen molar-refractivity contribution in [1.29, 1.82) is 0 Å². The molecule has 1 unspecified atom stereocenters. The van der Waals surface area contributed by atoms with Crippen molar-refractivity contribution in [3.05, 3.63) is 54.3 Å². The number of anilines is 1. The van der Waals surface area contributed by atoms with Crippen LogP contribution in [0.3, 0.4) is 0 Å². The minimum Gasteiger partial charge on any atom is -0.491 e. The molecule has 3 rings (SSSR count). The van der Waals surface area contributed by atoms with Gasteiger partial charge in [0, 0.05) is 11.1 Å². The zero-order chi connectivity index (χ0) is 23.3. The number of para-hydroxylation sites is 1. The maximum atomic E-state index is 12.4. The van der Waals surface area contributed by atoms with Crippen molar-refractivity contribution < 1.29 is 27.1 Å². The maximum absolute atomic E-state index is 12.4. The van der Waals surface area contributed by atoms with E-state index in [9.17, 15) is 13.2 Å². The Bertz CT molecular complexity index is 1170. The molecule has 0 fully saturated rings. The first-order valence-corrected chi connectivity index (χ1v) is 12.0. The van der Waals surface area contributed by atoms with Crippen LogP contribution in [0.2, 0.25) is 0 Å². The van der Waals surface area contributed by atoms with Crippen molar-refractivity contribution in [3.63, 3.8) is 0 Å². The average molecular weight is 461 g/mol. The van der Waals surface area contributed by atoms with E-state index in [-0.39, 0.29) is 6.10 Å². The summed E-state index contributed by atoms with van der Waals surface area (Å²) in [6, 6.07) is 13.3. The highest BCUT2D eigenvalue weighted by atomic mass is 32.2. The summed E-state index contributed by atoms with van der Waals surface area (Å²) in [6.45, 7) is 7.91. The Labute approximate surface area is 187 Å². The second-order valence-electron chi connectivity index (χ2n) is 7.60. The fourth-order valence-electron chi connectivity index (χ4n) is 3.16. The Morgan fingerprint density at radius 1 is 1.09 bits per heavy atom. The molecule has 172 valence electrons. The standard InChI is InChI=1S/C23H28N2O6S/c1-5-29-20-8-6-7-17-13-21(31-23(17)20)16(4)24-22(26)14-32(27,28)25-18-9-11-19(12-10-18)30-15(2)3/h6-13,15-16,25H,5,14H2,1-4H3,(H,24,26). The van der Waals surface area contributed by atoms with Crippen LogP contribution in [0.4, 0.5) is 5.69 Å². The van der Waals surface area contributed by atoms with Crippen LogP contribution in [0.5, 0.6) is 11.5 Å². The predicted molar refractivity (Wildman–Crippen MR) is 124 cm³/mol. The second-order valence-corrected chi connectivity index (χ2v) is 9.32. The average Bonchev–Trinajstić information content (AvgIpc) is 3.14. The number of nitrogens with one attached hydrogen (secondary N) is 2. The van der Waals surface area contributed by atoms with E-state index in [1.807, 2.05) is 39.0 Å². The fourth-order valence-corrected chi connectivity index (χ4v) is 4.15. The molecule has 0 radical (unpaired) electrons. The Morgan fingerprint density at radius 3 is 2.47 bits per heavy atom. The summed E-state index contributed by atoms with van der Waals surface area (Å²) in [6.07, 6.45) is 0.0146. The van der Waals surface area contributed by atoms with Gasteiger partial charge in [0.1, 0.15) is 17.3 Å². The van der Waals surface area contributed by atoms with E-state index in [1.54, 1.807) is 37.3 Å². The Morgan fingerprint density at radius 2 is 1.81 bits per heavy atom. The van der Waals surface area contributed by atoms with Crippen molar-refractivity contribution in [2.75, 3.05) is 17.1 Å². The molecule has 3 aromatic rings. The zero-order valence-corrected chi connectivity index (χ0v) is 19.4. The normalized spacial score (nSPS) is 12.5. The summed E-state index contributed by atoms with van der Waals surface area (Å²) in [4.78, 5) is 12.4. The molecule has 1 atom stereocenters. The maximum Gasteiger partial charge on any atom is 0.241 e. The van der Waals surface area contributed by atoms with Gasteiger partial charge in [-0.25, -0.2) is 8.42 Å². The molecule has 1 aromatic heterocycles. The lowest BCUT2D eigenvalue weighted by atomic mass is 10.2. The van der Waals surface area contributed by atoms with Crippen molar-refractivity contribution in [3.8, 4) is 11.5 Å². The van der Waals surface area contributed by atoms with Gasteiger partial charge in [0.05, 0.1) is 18.8 Å².